The minimum absolute atomic E-state index is 0.0385. The number of amides is 2. The number of carbonyl (C=O) groups excluding carboxylic acids is 2. The Kier molecular flexibility index (Phi) is 9.16. The molecule has 0 aromatic heterocycles. The van der Waals surface area contributed by atoms with E-state index < -0.39 is 6.04 Å². The van der Waals surface area contributed by atoms with Gasteiger partial charge in [-0.15, -0.1) is 0 Å². The zero-order chi connectivity index (χ0) is 18.8. The van der Waals surface area contributed by atoms with Gasteiger partial charge in [-0.2, -0.15) is 0 Å². The fourth-order valence-electron chi connectivity index (χ4n) is 2.39. The molecule has 0 aliphatic carbocycles. The quantitative estimate of drug-likeness (QED) is 0.594. The van der Waals surface area contributed by atoms with Crippen molar-refractivity contribution in [3.05, 3.63) is 35.4 Å². The molecule has 0 fully saturated rings. The fraction of sp³-hybridized carbons (Fsp3) is 0.579. The molecule has 1 aromatic carbocycles. The second kappa shape index (κ2) is 10.8. The third kappa shape index (κ3) is 7.67. The summed E-state index contributed by atoms with van der Waals surface area (Å²) < 4.78 is 0. The first kappa shape index (κ1) is 21.1. The normalized spacial score (nSPS) is 12.3. The largest absolute Gasteiger partial charge is 0.350 e. The SMILES string of the molecule is CCN(CC)Cc1cccc(CNC(=O)CNC(=O)[C@@H](N)C(C)C)c1. The van der Waals surface area contributed by atoms with E-state index in [1.807, 2.05) is 26.0 Å². The minimum Gasteiger partial charge on any atom is -0.350 e. The fourth-order valence-corrected chi connectivity index (χ4v) is 2.39. The van der Waals surface area contributed by atoms with Gasteiger partial charge in [-0.1, -0.05) is 52.0 Å². The van der Waals surface area contributed by atoms with Gasteiger partial charge in [0.1, 0.15) is 0 Å². The first-order valence-electron chi connectivity index (χ1n) is 8.97. The van der Waals surface area contributed by atoms with Gasteiger partial charge in [0.25, 0.3) is 0 Å². The van der Waals surface area contributed by atoms with Crippen LogP contribution in [0.4, 0.5) is 0 Å². The highest BCUT2D eigenvalue weighted by Crippen LogP contribution is 2.08. The Balaban J connectivity index is 2.44. The lowest BCUT2D eigenvalue weighted by molar-refractivity contribution is -0.127. The number of rotatable bonds is 10. The summed E-state index contributed by atoms with van der Waals surface area (Å²) in [7, 11) is 0. The van der Waals surface area contributed by atoms with Gasteiger partial charge < -0.3 is 16.4 Å². The van der Waals surface area contributed by atoms with Gasteiger partial charge in [-0.05, 0) is 30.1 Å². The topological polar surface area (TPSA) is 87.5 Å². The molecule has 0 saturated carbocycles. The Bertz CT molecular complexity index is 556. The van der Waals surface area contributed by atoms with Gasteiger partial charge in [0.05, 0.1) is 12.6 Å². The lowest BCUT2D eigenvalue weighted by Crippen LogP contribution is -2.47. The van der Waals surface area contributed by atoms with E-state index in [9.17, 15) is 9.59 Å². The molecule has 0 unspecified atom stereocenters. The molecule has 0 aliphatic rings. The van der Waals surface area contributed by atoms with E-state index in [4.69, 9.17) is 5.73 Å². The number of nitrogens with one attached hydrogen (secondary N) is 2. The Hall–Kier alpha value is -1.92. The molecule has 6 heteroatoms. The number of carbonyl (C=O) groups is 2. The summed E-state index contributed by atoms with van der Waals surface area (Å²) in [5.41, 5.74) is 8.02. The van der Waals surface area contributed by atoms with Crippen LogP contribution in [-0.4, -0.2) is 42.4 Å². The van der Waals surface area contributed by atoms with Crippen molar-refractivity contribution in [2.45, 2.75) is 46.8 Å². The highest BCUT2D eigenvalue weighted by Gasteiger charge is 2.17. The standard InChI is InChI=1S/C19H32N4O2/c1-5-23(6-2)13-16-9-7-8-15(10-16)11-21-17(24)12-22-19(25)18(20)14(3)4/h7-10,14,18H,5-6,11-13,20H2,1-4H3,(H,21,24)(H,22,25)/t18-/m0/s1. The van der Waals surface area contributed by atoms with Gasteiger partial charge in [0.15, 0.2) is 0 Å². The van der Waals surface area contributed by atoms with Crippen molar-refractivity contribution in [1.29, 1.82) is 0 Å². The van der Waals surface area contributed by atoms with E-state index in [1.54, 1.807) is 0 Å². The van der Waals surface area contributed by atoms with Gasteiger partial charge in [-0.3, -0.25) is 14.5 Å². The summed E-state index contributed by atoms with van der Waals surface area (Å²) in [6.07, 6.45) is 0. The van der Waals surface area contributed by atoms with Gasteiger partial charge in [0.2, 0.25) is 11.8 Å². The Labute approximate surface area is 151 Å². The number of hydrogen-bond acceptors (Lipinski definition) is 4. The molecule has 0 aliphatic heterocycles. The molecule has 0 radical (unpaired) electrons. The summed E-state index contributed by atoms with van der Waals surface area (Å²) >= 11 is 0. The van der Waals surface area contributed by atoms with E-state index in [1.165, 1.54) is 5.56 Å². The highest BCUT2D eigenvalue weighted by atomic mass is 16.2. The third-order valence-corrected chi connectivity index (χ3v) is 4.23. The Morgan fingerprint density at radius 3 is 2.36 bits per heavy atom. The lowest BCUT2D eigenvalue weighted by atomic mass is 10.1. The molecule has 1 aromatic rings. The van der Waals surface area contributed by atoms with E-state index in [0.29, 0.717) is 6.54 Å². The van der Waals surface area contributed by atoms with Crippen molar-refractivity contribution in [2.75, 3.05) is 19.6 Å². The van der Waals surface area contributed by atoms with E-state index >= 15 is 0 Å². The van der Waals surface area contributed by atoms with Crippen LogP contribution in [0.5, 0.6) is 0 Å². The highest BCUT2D eigenvalue weighted by molar-refractivity contribution is 5.87. The summed E-state index contributed by atoms with van der Waals surface area (Å²) in [4.78, 5) is 26.0. The van der Waals surface area contributed by atoms with Crippen LogP contribution in [0.3, 0.4) is 0 Å². The zero-order valence-corrected chi connectivity index (χ0v) is 15.8. The molecule has 1 rings (SSSR count). The average molecular weight is 348 g/mol. The van der Waals surface area contributed by atoms with Crippen LogP contribution in [0.2, 0.25) is 0 Å². The Morgan fingerprint density at radius 2 is 1.76 bits per heavy atom. The number of nitrogens with two attached hydrogens (primary N) is 1. The summed E-state index contributed by atoms with van der Waals surface area (Å²) in [6.45, 7) is 11.3. The summed E-state index contributed by atoms with van der Waals surface area (Å²) in [6, 6.07) is 7.59. The van der Waals surface area contributed by atoms with Crippen LogP contribution in [0.15, 0.2) is 24.3 Å². The zero-order valence-electron chi connectivity index (χ0n) is 15.8. The van der Waals surface area contributed by atoms with Crippen molar-refractivity contribution in [2.24, 2.45) is 11.7 Å². The first-order valence-corrected chi connectivity index (χ1v) is 8.97. The smallest absolute Gasteiger partial charge is 0.239 e. The molecular formula is C19H32N4O2. The van der Waals surface area contributed by atoms with E-state index in [-0.39, 0.29) is 24.3 Å². The number of benzene rings is 1. The van der Waals surface area contributed by atoms with Crippen LogP contribution in [-0.2, 0) is 22.7 Å². The first-order chi connectivity index (χ1) is 11.9. The molecule has 1 atom stereocenters. The van der Waals surface area contributed by atoms with Crippen LogP contribution in [0, 0.1) is 5.92 Å². The van der Waals surface area contributed by atoms with Crippen molar-refractivity contribution in [1.82, 2.24) is 15.5 Å². The molecule has 6 nitrogen and oxygen atoms in total. The molecule has 140 valence electrons. The summed E-state index contributed by atoms with van der Waals surface area (Å²) in [5, 5.41) is 5.39. The maximum atomic E-state index is 11.9. The molecule has 4 N–H and O–H groups in total. The maximum Gasteiger partial charge on any atom is 0.239 e. The van der Waals surface area contributed by atoms with Crippen LogP contribution < -0.4 is 16.4 Å². The monoisotopic (exact) mass is 348 g/mol. The summed E-state index contributed by atoms with van der Waals surface area (Å²) in [5.74, 6) is -0.485. The second-order valence-corrected chi connectivity index (χ2v) is 6.55. The second-order valence-electron chi connectivity index (χ2n) is 6.55. The van der Waals surface area contributed by atoms with Gasteiger partial charge >= 0.3 is 0 Å². The molecule has 0 bridgehead atoms. The van der Waals surface area contributed by atoms with E-state index in [0.717, 1.165) is 25.2 Å². The molecule has 0 spiro atoms. The molecule has 2 amide bonds. The minimum atomic E-state index is -0.593. The molecular weight excluding hydrogens is 316 g/mol. The van der Waals surface area contributed by atoms with Crippen molar-refractivity contribution < 1.29 is 9.59 Å². The predicted octanol–water partition coefficient (Wildman–Crippen LogP) is 1.24. The lowest BCUT2D eigenvalue weighted by Gasteiger charge is -2.18. The third-order valence-electron chi connectivity index (χ3n) is 4.23. The van der Waals surface area contributed by atoms with E-state index in [2.05, 4.69) is 41.5 Å². The van der Waals surface area contributed by atoms with Crippen molar-refractivity contribution in [3.63, 3.8) is 0 Å². The van der Waals surface area contributed by atoms with Crippen molar-refractivity contribution >= 4 is 11.8 Å². The van der Waals surface area contributed by atoms with Gasteiger partial charge in [0, 0.05) is 13.1 Å². The number of nitrogens with zero attached hydrogens (tertiary/aromatic N) is 1. The molecule has 25 heavy (non-hydrogen) atoms. The van der Waals surface area contributed by atoms with Gasteiger partial charge in [-0.25, -0.2) is 0 Å². The Morgan fingerprint density at radius 1 is 1.12 bits per heavy atom. The van der Waals surface area contributed by atoms with Crippen LogP contribution >= 0.6 is 0 Å². The van der Waals surface area contributed by atoms with Crippen LogP contribution in [0.1, 0.15) is 38.8 Å². The predicted molar refractivity (Wildman–Crippen MR) is 101 cm³/mol. The number of hydrogen-bond donors (Lipinski definition) is 3. The average Bonchev–Trinajstić information content (AvgIpc) is 2.61. The molecule has 0 heterocycles. The molecule has 0 saturated heterocycles. The maximum absolute atomic E-state index is 11.9. The van der Waals surface area contributed by atoms with Crippen molar-refractivity contribution in [3.8, 4) is 0 Å². The van der Waals surface area contributed by atoms with Crippen LogP contribution in [0.25, 0.3) is 0 Å².